The summed E-state index contributed by atoms with van der Waals surface area (Å²) in [7, 11) is 1.61. The van der Waals surface area contributed by atoms with E-state index < -0.39 is 5.91 Å². The van der Waals surface area contributed by atoms with Gasteiger partial charge in [0.25, 0.3) is 11.5 Å². The topological polar surface area (TPSA) is 51.1 Å². The average molecular weight is 297 g/mol. The summed E-state index contributed by atoms with van der Waals surface area (Å²) in [5, 5.41) is 3.44. The third-order valence-electron chi connectivity index (χ3n) is 2.55. The molecule has 0 saturated carbocycles. The Morgan fingerprint density at radius 1 is 1.21 bits per heavy atom. The lowest BCUT2D eigenvalue weighted by Gasteiger charge is -2.07. The molecule has 98 valence electrons. The predicted molar refractivity (Wildman–Crippen MR) is 76.1 cm³/mol. The van der Waals surface area contributed by atoms with Gasteiger partial charge in [0.05, 0.1) is 10.7 Å². The Hall–Kier alpha value is -1.78. The van der Waals surface area contributed by atoms with E-state index in [-0.39, 0.29) is 11.1 Å². The molecule has 0 aliphatic carbocycles. The van der Waals surface area contributed by atoms with Crippen molar-refractivity contribution in [3.8, 4) is 0 Å². The Balaban J connectivity index is 2.25. The number of anilines is 1. The van der Waals surface area contributed by atoms with Crippen LogP contribution in [0.1, 0.15) is 10.4 Å². The van der Waals surface area contributed by atoms with Gasteiger partial charge in [-0.25, -0.2) is 0 Å². The molecule has 1 aromatic heterocycles. The Morgan fingerprint density at radius 2 is 1.95 bits per heavy atom. The minimum absolute atomic E-state index is 0.255. The van der Waals surface area contributed by atoms with Crippen LogP contribution in [-0.2, 0) is 7.05 Å². The molecule has 0 aliphatic rings. The van der Waals surface area contributed by atoms with E-state index in [0.717, 1.165) is 0 Å². The van der Waals surface area contributed by atoms with Gasteiger partial charge in [-0.15, -0.1) is 0 Å². The fraction of sp³-hybridized carbons (Fsp3) is 0.0769. The second-order valence-electron chi connectivity index (χ2n) is 3.94. The molecule has 1 heterocycles. The number of hydrogen-bond acceptors (Lipinski definition) is 2. The summed E-state index contributed by atoms with van der Waals surface area (Å²) in [5.41, 5.74) is 0.459. The number of nitrogens with one attached hydrogen (secondary N) is 1. The maximum atomic E-state index is 12.0. The van der Waals surface area contributed by atoms with Crippen molar-refractivity contribution in [1.29, 1.82) is 0 Å². The Morgan fingerprint density at radius 3 is 2.58 bits per heavy atom. The highest BCUT2D eigenvalue weighted by Crippen LogP contribution is 2.25. The summed E-state index contributed by atoms with van der Waals surface area (Å²) in [4.78, 5) is 23.4. The second-order valence-corrected chi connectivity index (χ2v) is 4.79. The first-order valence-electron chi connectivity index (χ1n) is 5.40. The van der Waals surface area contributed by atoms with Crippen molar-refractivity contribution in [2.75, 3.05) is 5.32 Å². The molecule has 0 bridgehead atoms. The fourth-order valence-corrected chi connectivity index (χ4v) is 1.93. The van der Waals surface area contributed by atoms with Crippen molar-refractivity contribution in [1.82, 2.24) is 4.57 Å². The highest BCUT2D eigenvalue weighted by atomic mass is 35.5. The maximum Gasteiger partial charge on any atom is 0.255 e. The highest BCUT2D eigenvalue weighted by molar-refractivity contribution is 6.36. The summed E-state index contributed by atoms with van der Waals surface area (Å²) in [6, 6.07) is 7.57. The van der Waals surface area contributed by atoms with Crippen molar-refractivity contribution in [2.45, 2.75) is 0 Å². The molecular weight excluding hydrogens is 287 g/mol. The number of pyridine rings is 1. The molecule has 0 radical (unpaired) electrons. The summed E-state index contributed by atoms with van der Waals surface area (Å²) in [6.07, 6.45) is 1.53. The zero-order valence-corrected chi connectivity index (χ0v) is 11.5. The van der Waals surface area contributed by atoms with E-state index in [4.69, 9.17) is 23.2 Å². The van der Waals surface area contributed by atoms with E-state index in [1.165, 1.54) is 22.9 Å². The van der Waals surface area contributed by atoms with Crippen LogP contribution in [0.3, 0.4) is 0 Å². The van der Waals surface area contributed by atoms with Gasteiger partial charge in [-0.2, -0.15) is 0 Å². The Bertz CT molecular complexity index is 695. The van der Waals surface area contributed by atoms with Gasteiger partial charge in [0, 0.05) is 29.9 Å². The number of nitrogens with zero attached hydrogens (tertiary/aromatic N) is 1. The molecule has 6 heteroatoms. The molecule has 1 aromatic carbocycles. The van der Waals surface area contributed by atoms with Crippen LogP contribution >= 0.6 is 23.2 Å². The van der Waals surface area contributed by atoms with Gasteiger partial charge in [0.1, 0.15) is 0 Å². The monoisotopic (exact) mass is 296 g/mol. The fourth-order valence-electron chi connectivity index (χ4n) is 1.48. The molecule has 1 amide bonds. The lowest BCUT2D eigenvalue weighted by molar-refractivity contribution is 0.102. The van der Waals surface area contributed by atoms with Gasteiger partial charge >= 0.3 is 0 Å². The molecule has 4 nitrogen and oxygen atoms in total. The van der Waals surface area contributed by atoms with Gasteiger partial charge in [-0.3, -0.25) is 9.59 Å². The standard InChI is InChI=1S/C13H10Cl2N2O2/c1-17-5-4-8(6-12(17)18)13(19)16-11-3-2-9(14)7-10(11)15/h2-7H,1H3,(H,16,19). The first-order valence-corrected chi connectivity index (χ1v) is 6.16. The van der Waals surface area contributed by atoms with Gasteiger partial charge in [0.15, 0.2) is 0 Å². The van der Waals surface area contributed by atoms with Crippen LogP contribution in [0.25, 0.3) is 0 Å². The molecule has 19 heavy (non-hydrogen) atoms. The van der Waals surface area contributed by atoms with Crippen LogP contribution in [0, 0.1) is 0 Å². The minimum Gasteiger partial charge on any atom is -0.321 e. The van der Waals surface area contributed by atoms with Gasteiger partial charge in [-0.1, -0.05) is 23.2 Å². The molecule has 0 fully saturated rings. The lowest BCUT2D eigenvalue weighted by Crippen LogP contribution is -2.20. The molecule has 0 unspecified atom stereocenters. The third kappa shape index (κ3) is 3.16. The van der Waals surface area contributed by atoms with Crippen molar-refractivity contribution >= 4 is 34.8 Å². The number of aryl methyl sites for hydroxylation is 1. The lowest BCUT2D eigenvalue weighted by atomic mass is 10.2. The number of rotatable bonds is 2. The van der Waals surface area contributed by atoms with Crippen molar-refractivity contribution in [3.63, 3.8) is 0 Å². The largest absolute Gasteiger partial charge is 0.321 e. The van der Waals surface area contributed by atoms with Crippen LogP contribution in [0.4, 0.5) is 5.69 Å². The number of carbonyl (C=O) groups is 1. The SMILES string of the molecule is Cn1ccc(C(=O)Nc2ccc(Cl)cc2Cl)cc1=O. The number of halogens is 2. The molecule has 0 aliphatic heterocycles. The first-order chi connectivity index (χ1) is 8.97. The predicted octanol–water partition coefficient (Wildman–Crippen LogP) is 2.94. The van der Waals surface area contributed by atoms with E-state index in [9.17, 15) is 9.59 Å². The summed E-state index contributed by atoms with van der Waals surface area (Å²) in [5.74, 6) is -0.401. The van der Waals surface area contributed by atoms with Crippen LogP contribution in [-0.4, -0.2) is 10.5 Å². The van der Waals surface area contributed by atoms with Crippen molar-refractivity contribution < 1.29 is 4.79 Å². The maximum absolute atomic E-state index is 12.0. The summed E-state index contributed by atoms with van der Waals surface area (Å²) in [6.45, 7) is 0. The van der Waals surface area contributed by atoms with Crippen LogP contribution in [0.15, 0.2) is 41.3 Å². The van der Waals surface area contributed by atoms with E-state index in [1.54, 1.807) is 25.2 Å². The van der Waals surface area contributed by atoms with Crippen LogP contribution < -0.4 is 10.9 Å². The second kappa shape index (κ2) is 5.47. The van der Waals surface area contributed by atoms with Crippen molar-refractivity contribution in [2.24, 2.45) is 7.05 Å². The molecular formula is C13H10Cl2N2O2. The highest BCUT2D eigenvalue weighted by Gasteiger charge is 2.09. The normalized spacial score (nSPS) is 10.3. The summed E-state index contributed by atoms with van der Waals surface area (Å²) < 4.78 is 1.38. The average Bonchev–Trinajstić information content (AvgIpc) is 2.36. The zero-order valence-electron chi connectivity index (χ0n) is 9.98. The van der Waals surface area contributed by atoms with E-state index >= 15 is 0 Å². The molecule has 0 atom stereocenters. The zero-order chi connectivity index (χ0) is 14.0. The van der Waals surface area contributed by atoms with Gasteiger partial charge < -0.3 is 9.88 Å². The number of amides is 1. The number of aromatic nitrogens is 1. The van der Waals surface area contributed by atoms with E-state index in [2.05, 4.69) is 5.32 Å². The van der Waals surface area contributed by atoms with Crippen molar-refractivity contribution in [3.05, 3.63) is 62.5 Å². The van der Waals surface area contributed by atoms with E-state index in [1.807, 2.05) is 0 Å². The molecule has 2 rings (SSSR count). The minimum atomic E-state index is -0.401. The molecule has 0 saturated heterocycles. The molecule has 2 aromatic rings. The van der Waals surface area contributed by atoms with Gasteiger partial charge in [0.2, 0.25) is 0 Å². The Labute approximate surface area is 119 Å². The summed E-state index contributed by atoms with van der Waals surface area (Å²) >= 11 is 11.7. The smallest absolute Gasteiger partial charge is 0.255 e. The van der Waals surface area contributed by atoms with Crippen LogP contribution in [0.5, 0.6) is 0 Å². The van der Waals surface area contributed by atoms with E-state index in [0.29, 0.717) is 15.7 Å². The number of hydrogen-bond donors (Lipinski definition) is 1. The first kappa shape index (κ1) is 13.6. The quantitative estimate of drug-likeness (QED) is 0.926. The molecule has 1 N–H and O–H groups in total. The Kier molecular flexibility index (Phi) is 3.93. The van der Waals surface area contributed by atoms with Gasteiger partial charge in [-0.05, 0) is 24.3 Å². The third-order valence-corrected chi connectivity index (χ3v) is 3.09. The molecule has 0 spiro atoms. The number of benzene rings is 1. The van der Waals surface area contributed by atoms with Crippen LogP contribution in [0.2, 0.25) is 10.0 Å². The number of carbonyl (C=O) groups excluding carboxylic acids is 1.